The van der Waals surface area contributed by atoms with Crippen molar-refractivity contribution in [2.75, 3.05) is 0 Å². The van der Waals surface area contributed by atoms with Gasteiger partial charge in [-0.1, -0.05) is 30.3 Å². The average Bonchev–Trinajstić information content (AvgIpc) is 2.56. The van der Waals surface area contributed by atoms with Gasteiger partial charge >= 0.3 is 0 Å². The van der Waals surface area contributed by atoms with Gasteiger partial charge in [-0.25, -0.2) is 4.99 Å². The summed E-state index contributed by atoms with van der Waals surface area (Å²) in [5.41, 5.74) is 6.85. The molecule has 80 valence electrons. The van der Waals surface area contributed by atoms with Crippen LogP contribution in [0.1, 0.15) is 18.9 Å². The standard InChI is InChI=1S/C12H16N2O/c1-9-11(14-12(13)15-9)8-7-10-5-3-2-4-6-10/h2-6,9,11H,7-8H2,1H3,(H2,13,14)/t9-,11-/m0/s1. The largest absolute Gasteiger partial charge is 0.460 e. The molecular weight excluding hydrogens is 188 g/mol. The molecule has 0 spiro atoms. The van der Waals surface area contributed by atoms with Gasteiger partial charge in [0.2, 0.25) is 0 Å². The summed E-state index contributed by atoms with van der Waals surface area (Å²) in [5, 5.41) is 0. The lowest BCUT2D eigenvalue weighted by molar-refractivity contribution is 0.205. The van der Waals surface area contributed by atoms with Gasteiger partial charge in [0.15, 0.2) is 0 Å². The number of amidine groups is 1. The van der Waals surface area contributed by atoms with E-state index in [0.717, 1.165) is 12.8 Å². The Kier molecular flexibility index (Phi) is 2.90. The number of aliphatic imine (C=N–C) groups is 1. The van der Waals surface area contributed by atoms with E-state index in [1.165, 1.54) is 5.56 Å². The molecule has 0 radical (unpaired) electrons. The SMILES string of the molecule is C[C@@H]1OC(N)=N[C@H]1CCc1ccccc1. The number of rotatable bonds is 3. The van der Waals surface area contributed by atoms with Gasteiger partial charge in [0.05, 0.1) is 6.04 Å². The summed E-state index contributed by atoms with van der Waals surface area (Å²) < 4.78 is 5.29. The first kappa shape index (κ1) is 10.0. The predicted molar refractivity (Wildman–Crippen MR) is 60.7 cm³/mol. The van der Waals surface area contributed by atoms with Crippen LogP contribution in [0.2, 0.25) is 0 Å². The molecule has 1 aromatic carbocycles. The molecular formula is C12H16N2O. The Morgan fingerprint density at radius 3 is 2.67 bits per heavy atom. The second kappa shape index (κ2) is 4.34. The molecule has 2 N–H and O–H groups in total. The van der Waals surface area contributed by atoms with Crippen LogP contribution in [0.25, 0.3) is 0 Å². The molecule has 1 aliphatic heterocycles. The van der Waals surface area contributed by atoms with Crippen LogP contribution in [0.15, 0.2) is 35.3 Å². The van der Waals surface area contributed by atoms with Crippen LogP contribution in [0.4, 0.5) is 0 Å². The molecule has 0 aromatic heterocycles. The number of nitrogens with zero attached hydrogens (tertiary/aromatic N) is 1. The number of aryl methyl sites for hydroxylation is 1. The lowest BCUT2D eigenvalue weighted by Crippen LogP contribution is -2.20. The van der Waals surface area contributed by atoms with Crippen LogP contribution in [-0.2, 0) is 11.2 Å². The third kappa shape index (κ3) is 2.49. The molecule has 0 saturated heterocycles. The lowest BCUT2D eigenvalue weighted by atomic mass is 10.0. The van der Waals surface area contributed by atoms with Crippen LogP contribution < -0.4 is 5.73 Å². The highest BCUT2D eigenvalue weighted by atomic mass is 16.5. The quantitative estimate of drug-likeness (QED) is 0.815. The van der Waals surface area contributed by atoms with Crippen molar-refractivity contribution < 1.29 is 4.74 Å². The Hall–Kier alpha value is -1.51. The molecule has 2 atom stereocenters. The second-order valence-electron chi connectivity index (χ2n) is 3.88. The Bertz CT molecular complexity index is 348. The van der Waals surface area contributed by atoms with Gasteiger partial charge < -0.3 is 10.5 Å². The Morgan fingerprint density at radius 2 is 2.07 bits per heavy atom. The topological polar surface area (TPSA) is 47.6 Å². The van der Waals surface area contributed by atoms with Gasteiger partial charge in [0.1, 0.15) is 6.10 Å². The number of hydrogen-bond donors (Lipinski definition) is 1. The van der Waals surface area contributed by atoms with Gasteiger partial charge in [-0.15, -0.1) is 0 Å². The second-order valence-corrected chi connectivity index (χ2v) is 3.88. The molecule has 0 aliphatic carbocycles. The summed E-state index contributed by atoms with van der Waals surface area (Å²) in [7, 11) is 0. The molecule has 15 heavy (non-hydrogen) atoms. The highest BCUT2D eigenvalue weighted by Gasteiger charge is 2.24. The molecule has 3 nitrogen and oxygen atoms in total. The fourth-order valence-corrected chi connectivity index (χ4v) is 1.83. The third-order valence-corrected chi connectivity index (χ3v) is 2.71. The van der Waals surface area contributed by atoms with Crippen molar-refractivity contribution >= 4 is 6.02 Å². The summed E-state index contributed by atoms with van der Waals surface area (Å²) in [6, 6.07) is 11.0. The van der Waals surface area contributed by atoms with E-state index in [1.807, 2.05) is 13.0 Å². The Labute approximate surface area is 90.0 Å². The molecule has 1 aromatic rings. The van der Waals surface area contributed by atoms with Crippen molar-refractivity contribution in [1.29, 1.82) is 0 Å². The summed E-state index contributed by atoms with van der Waals surface area (Å²) >= 11 is 0. The zero-order valence-electron chi connectivity index (χ0n) is 8.89. The zero-order valence-corrected chi connectivity index (χ0v) is 8.89. The highest BCUT2D eigenvalue weighted by molar-refractivity contribution is 5.73. The van der Waals surface area contributed by atoms with Crippen molar-refractivity contribution in [2.45, 2.75) is 31.9 Å². The lowest BCUT2D eigenvalue weighted by Gasteiger charge is -2.11. The molecule has 0 bridgehead atoms. The summed E-state index contributed by atoms with van der Waals surface area (Å²) in [6.45, 7) is 2.01. The number of nitrogens with two attached hydrogens (primary N) is 1. The Morgan fingerprint density at radius 1 is 1.33 bits per heavy atom. The van der Waals surface area contributed by atoms with Crippen molar-refractivity contribution in [1.82, 2.24) is 0 Å². The van der Waals surface area contributed by atoms with Crippen molar-refractivity contribution in [3.05, 3.63) is 35.9 Å². The van der Waals surface area contributed by atoms with Gasteiger partial charge in [-0.05, 0) is 25.3 Å². The number of ether oxygens (including phenoxy) is 1. The van der Waals surface area contributed by atoms with E-state index in [9.17, 15) is 0 Å². The van der Waals surface area contributed by atoms with Crippen LogP contribution in [0.3, 0.4) is 0 Å². The van der Waals surface area contributed by atoms with Crippen molar-refractivity contribution in [2.24, 2.45) is 10.7 Å². The molecule has 3 heteroatoms. The van der Waals surface area contributed by atoms with Crippen LogP contribution in [0, 0.1) is 0 Å². The maximum absolute atomic E-state index is 5.51. The van der Waals surface area contributed by atoms with E-state index in [1.54, 1.807) is 0 Å². The average molecular weight is 204 g/mol. The molecule has 1 aliphatic rings. The fraction of sp³-hybridized carbons (Fsp3) is 0.417. The molecule has 1 heterocycles. The minimum Gasteiger partial charge on any atom is -0.460 e. The maximum Gasteiger partial charge on any atom is 0.282 e. The monoisotopic (exact) mass is 204 g/mol. The third-order valence-electron chi connectivity index (χ3n) is 2.71. The summed E-state index contributed by atoms with van der Waals surface area (Å²) in [5.74, 6) is 0. The summed E-state index contributed by atoms with van der Waals surface area (Å²) in [4.78, 5) is 4.26. The molecule has 0 saturated carbocycles. The van der Waals surface area contributed by atoms with Gasteiger partial charge in [-0.2, -0.15) is 0 Å². The first-order valence-corrected chi connectivity index (χ1v) is 5.29. The first-order chi connectivity index (χ1) is 7.25. The molecule has 0 amide bonds. The minimum absolute atomic E-state index is 0.119. The summed E-state index contributed by atoms with van der Waals surface area (Å²) in [6.07, 6.45) is 2.13. The van der Waals surface area contributed by atoms with Gasteiger partial charge in [0, 0.05) is 0 Å². The smallest absolute Gasteiger partial charge is 0.282 e. The van der Waals surface area contributed by atoms with Crippen molar-refractivity contribution in [3.8, 4) is 0 Å². The Balaban J connectivity index is 1.89. The van der Waals surface area contributed by atoms with Gasteiger partial charge in [0.25, 0.3) is 6.02 Å². The van der Waals surface area contributed by atoms with Gasteiger partial charge in [-0.3, -0.25) is 0 Å². The minimum atomic E-state index is 0.119. The van der Waals surface area contributed by atoms with E-state index in [0.29, 0.717) is 6.02 Å². The number of benzene rings is 1. The van der Waals surface area contributed by atoms with Crippen LogP contribution >= 0.6 is 0 Å². The molecule has 0 unspecified atom stereocenters. The van der Waals surface area contributed by atoms with Crippen LogP contribution in [-0.4, -0.2) is 18.2 Å². The maximum atomic E-state index is 5.51. The van der Waals surface area contributed by atoms with E-state index in [2.05, 4.69) is 29.3 Å². The van der Waals surface area contributed by atoms with E-state index < -0.39 is 0 Å². The normalized spacial score (nSPS) is 24.7. The first-order valence-electron chi connectivity index (χ1n) is 5.29. The molecule has 2 rings (SSSR count). The molecule has 0 fully saturated rings. The van der Waals surface area contributed by atoms with E-state index in [4.69, 9.17) is 10.5 Å². The number of hydrogen-bond acceptors (Lipinski definition) is 3. The highest BCUT2D eigenvalue weighted by Crippen LogP contribution is 2.17. The van der Waals surface area contributed by atoms with E-state index in [-0.39, 0.29) is 12.1 Å². The van der Waals surface area contributed by atoms with Crippen LogP contribution in [0.5, 0.6) is 0 Å². The predicted octanol–water partition coefficient (Wildman–Crippen LogP) is 1.72. The van der Waals surface area contributed by atoms with Crippen molar-refractivity contribution in [3.63, 3.8) is 0 Å². The van der Waals surface area contributed by atoms with E-state index >= 15 is 0 Å². The fourth-order valence-electron chi connectivity index (χ4n) is 1.83. The zero-order chi connectivity index (χ0) is 10.7.